The number of amides is 1. The lowest BCUT2D eigenvalue weighted by Crippen LogP contribution is -2.45. The zero-order valence-electron chi connectivity index (χ0n) is 10.5. The largest absolute Gasteiger partial charge is 0.338 e. The van der Waals surface area contributed by atoms with E-state index in [-0.39, 0.29) is 11.9 Å². The van der Waals surface area contributed by atoms with Crippen LogP contribution < -0.4 is 5.73 Å². The predicted molar refractivity (Wildman–Crippen MR) is 74.2 cm³/mol. The lowest BCUT2D eigenvalue weighted by Gasteiger charge is -2.34. The first-order valence-corrected chi connectivity index (χ1v) is 7.02. The van der Waals surface area contributed by atoms with Crippen molar-refractivity contribution in [3.8, 4) is 0 Å². The normalized spacial score (nSPS) is 21.7. The van der Waals surface area contributed by atoms with Gasteiger partial charge >= 0.3 is 0 Å². The monoisotopic (exact) mass is 311 g/mol. The first kappa shape index (κ1) is 13.5. The third-order valence-electron chi connectivity index (χ3n) is 3.44. The molecule has 1 aromatic heterocycles. The standard InChI is InChI=1S/C13H18BrN3O/c1-9(15)10-3-2-4-17(8-10)13(18)11-5-12(14)7-16-6-11/h5-7,9-10H,2-4,8,15H2,1H3/t9-,10-/m1/s1. The average Bonchev–Trinajstić information content (AvgIpc) is 2.38. The minimum atomic E-state index is 0.0501. The van der Waals surface area contributed by atoms with Crippen LogP contribution in [0.4, 0.5) is 0 Å². The molecule has 1 amide bonds. The number of hydrogen-bond acceptors (Lipinski definition) is 3. The Morgan fingerprint density at radius 3 is 3.06 bits per heavy atom. The molecule has 1 fully saturated rings. The lowest BCUT2D eigenvalue weighted by atomic mass is 9.92. The summed E-state index contributed by atoms with van der Waals surface area (Å²) in [4.78, 5) is 18.3. The molecule has 0 radical (unpaired) electrons. The molecule has 0 spiro atoms. The molecule has 4 nitrogen and oxygen atoms in total. The molecule has 1 aliphatic heterocycles. The number of halogens is 1. The van der Waals surface area contributed by atoms with Crippen LogP contribution in [0.25, 0.3) is 0 Å². The third kappa shape index (κ3) is 3.09. The van der Waals surface area contributed by atoms with Gasteiger partial charge < -0.3 is 10.6 Å². The van der Waals surface area contributed by atoms with E-state index in [9.17, 15) is 4.79 Å². The lowest BCUT2D eigenvalue weighted by molar-refractivity contribution is 0.0660. The van der Waals surface area contributed by atoms with Crippen molar-refractivity contribution in [2.75, 3.05) is 13.1 Å². The van der Waals surface area contributed by atoms with Crippen LogP contribution >= 0.6 is 15.9 Å². The maximum Gasteiger partial charge on any atom is 0.255 e. The number of nitrogens with zero attached hydrogens (tertiary/aromatic N) is 2. The molecule has 5 heteroatoms. The molecular weight excluding hydrogens is 294 g/mol. The van der Waals surface area contributed by atoms with Crippen LogP contribution in [0.5, 0.6) is 0 Å². The number of aromatic nitrogens is 1. The van der Waals surface area contributed by atoms with Gasteiger partial charge in [0, 0.05) is 36.0 Å². The molecule has 0 saturated carbocycles. The highest BCUT2D eigenvalue weighted by Gasteiger charge is 2.26. The summed E-state index contributed by atoms with van der Waals surface area (Å²) in [5.41, 5.74) is 6.57. The van der Waals surface area contributed by atoms with Crippen molar-refractivity contribution in [1.82, 2.24) is 9.88 Å². The van der Waals surface area contributed by atoms with Crippen LogP contribution in [0.1, 0.15) is 30.1 Å². The fourth-order valence-corrected chi connectivity index (χ4v) is 2.70. The van der Waals surface area contributed by atoms with Crippen molar-refractivity contribution in [3.05, 3.63) is 28.5 Å². The van der Waals surface area contributed by atoms with E-state index in [4.69, 9.17) is 5.73 Å². The zero-order chi connectivity index (χ0) is 13.1. The maximum absolute atomic E-state index is 12.3. The Kier molecular flexibility index (Phi) is 4.35. The van der Waals surface area contributed by atoms with E-state index >= 15 is 0 Å². The molecule has 1 aromatic rings. The third-order valence-corrected chi connectivity index (χ3v) is 3.87. The van der Waals surface area contributed by atoms with Gasteiger partial charge in [-0.05, 0) is 47.7 Å². The Bertz CT molecular complexity index is 436. The Labute approximate surface area is 116 Å². The number of carbonyl (C=O) groups excluding carboxylic acids is 1. The van der Waals surface area contributed by atoms with Crippen molar-refractivity contribution in [2.24, 2.45) is 11.7 Å². The average molecular weight is 312 g/mol. The molecule has 0 aliphatic carbocycles. The van der Waals surface area contributed by atoms with Crippen LogP contribution in [0, 0.1) is 5.92 Å². The van der Waals surface area contributed by atoms with Gasteiger partial charge in [-0.25, -0.2) is 0 Å². The molecule has 0 bridgehead atoms. The molecule has 1 aliphatic rings. The highest BCUT2D eigenvalue weighted by Crippen LogP contribution is 2.21. The Hall–Kier alpha value is -0.940. The van der Waals surface area contributed by atoms with E-state index in [1.807, 2.05) is 17.9 Å². The molecule has 2 atom stereocenters. The molecule has 0 aromatic carbocycles. The first-order chi connectivity index (χ1) is 8.58. The summed E-state index contributed by atoms with van der Waals surface area (Å²) >= 11 is 3.34. The van der Waals surface area contributed by atoms with Gasteiger partial charge in [-0.3, -0.25) is 9.78 Å². The van der Waals surface area contributed by atoms with E-state index in [2.05, 4.69) is 20.9 Å². The van der Waals surface area contributed by atoms with Crippen molar-refractivity contribution in [3.63, 3.8) is 0 Å². The summed E-state index contributed by atoms with van der Waals surface area (Å²) in [5.74, 6) is 0.456. The van der Waals surface area contributed by atoms with Gasteiger partial charge in [0.1, 0.15) is 0 Å². The fourth-order valence-electron chi connectivity index (χ4n) is 2.33. The van der Waals surface area contributed by atoms with Gasteiger partial charge in [0.15, 0.2) is 0 Å². The van der Waals surface area contributed by atoms with Crippen molar-refractivity contribution in [2.45, 2.75) is 25.8 Å². The highest BCUT2D eigenvalue weighted by molar-refractivity contribution is 9.10. The summed E-state index contributed by atoms with van der Waals surface area (Å²) in [6.07, 6.45) is 5.43. The summed E-state index contributed by atoms with van der Waals surface area (Å²) in [7, 11) is 0. The summed E-state index contributed by atoms with van der Waals surface area (Å²) < 4.78 is 0.828. The van der Waals surface area contributed by atoms with E-state index in [1.54, 1.807) is 12.4 Å². The molecule has 18 heavy (non-hydrogen) atoms. The van der Waals surface area contributed by atoms with Gasteiger partial charge in [-0.15, -0.1) is 0 Å². The SMILES string of the molecule is C[C@@H](N)[C@@H]1CCCN(C(=O)c2cncc(Br)c2)C1. The maximum atomic E-state index is 12.3. The number of carbonyl (C=O) groups is 1. The van der Waals surface area contributed by atoms with Crippen LogP contribution in [0.3, 0.4) is 0 Å². The van der Waals surface area contributed by atoms with Gasteiger partial charge in [0.05, 0.1) is 5.56 Å². The number of hydrogen-bond donors (Lipinski definition) is 1. The highest BCUT2D eigenvalue weighted by atomic mass is 79.9. The van der Waals surface area contributed by atoms with Gasteiger partial charge in [0.2, 0.25) is 0 Å². The molecule has 98 valence electrons. The smallest absolute Gasteiger partial charge is 0.255 e. The molecule has 1 saturated heterocycles. The topological polar surface area (TPSA) is 59.2 Å². The zero-order valence-corrected chi connectivity index (χ0v) is 12.1. The Balaban J connectivity index is 2.09. The van der Waals surface area contributed by atoms with Gasteiger partial charge in [0.25, 0.3) is 5.91 Å². The molecular formula is C13H18BrN3O. The van der Waals surface area contributed by atoms with Gasteiger partial charge in [-0.2, -0.15) is 0 Å². The second-order valence-electron chi connectivity index (χ2n) is 4.90. The summed E-state index contributed by atoms with van der Waals surface area (Å²) in [6, 6.07) is 1.95. The molecule has 0 unspecified atom stereocenters. The number of likely N-dealkylation sites (tertiary alicyclic amines) is 1. The van der Waals surface area contributed by atoms with Crippen LogP contribution in [0.15, 0.2) is 22.9 Å². The number of piperidine rings is 1. The Morgan fingerprint density at radius 1 is 1.61 bits per heavy atom. The fraction of sp³-hybridized carbons (Fsp3) is 0.538. The second-order valence-corrected chi connectivity index (χ2v) is 5.82. The minimum Gasteiger partial charge on any atom is -0.338 e. The van der Waals surface area contributed by atoms with E-state index in [0.29, 0.717) is 11.5 Å². The first-order valence-electron chi connectivity index (χ1n) is 6.23. The number of nitrogens with two attached hydrogens (primary N) is 1. The van der Waals surface area contributed by atoms with E-state index < -0.39 is 0 Å². The van der Waals surface area contributed by atoms with Gasteiger partial charge in [-0.1, -0.05) is 0 Å². The van der Waals surface area contributed by atoms with Crippen molar-refractivity contribution in [1.29, 1.82) is 0 Å². The predicted octanol–water partition coefficient (Wildman–Crippen LogP) is 2.04. The van der Waals surface area contributed by atoms with Crippen LogP contribution in [-0.4, -0.2) is 34.9 Å². The van der Waals surface area contributed by atoms with Crippen LogP contribution in [0.2, 0.25) is 0 Å². The van der Waals surface area contributed by atoms with Crippen LogP contribution in [-0.2, 0) is 0 Å². The van der Waals surface area contributed by atoms with Crippen molar-refractivity contribution < 1.29 is 4.79 Å². The quantitative estimate of drug-likeness (QED) is 0.909. The molecule has 2 heterocycles. The van der Waals surface area contributed by atoms with E-state index in [1.165, 1.54) is 0 Å². The summed E-state index contributed by atoms with van der Waals surface area (Å²) in [5, 5.41) is 0. The molecule has 2 N–H and O–H groups in total. The minimum absolute atomic E-state index is 0.0501. The second kappa shape index (κ2) is 5.80. The number of rotatable bonds is 2. The van der Waals surface area contributed by atoms with E-state index in [0.717, 1.165) is 30.4 Å². The van der Waals surface area contributed by atoms with Crippen molar-refractivity contribution >= 4 is 21.8 Å². The number of pyridine rings is 1. The summed E-state index contributed by atoms with van der Waals surface area (Å²) in [6.45, 7) is 3.58. The Morgan fingerprint density at radius 2 is 2.39 bits per heavy atom. The molecule has 2 rings (SSSR count).